The van der Waals surface area contributed by atoms with Gasteiger partial charge in [-0.2, -0.15) is 0 Å². The number of hydrogen-bond donors (Lipinski definition) is 1. The van der Waals surface area contributed by atoms with E-state index in [4.69, 9.17) is 4.42 Å². The fourth-order valence-electron chi connectivity index (χ4n) is 4.81. The molecule has 0 aliphatic heterocycles. The first-order valence-corrected chi connectivity index (χ1v) is 14.0. The number of aryl methyl sites for hydroxylation is 1. The molecule has 1 aliphatic carbocycles. The maximum atomic E-state index is 14.8. The Morgan fingerprint density at radius 1 is 1.08 bits per heavy atom. The van der Waals surface area contributed by atoms with Crippen LogP contribution in [-0.4, -0.2) is 19.2 Å². The Morgan fingerprint density at radius 3 is 2.46 bits per heavy atom. The lowest BCUT2D eigenvalue weighted by atomic mass is 9.98. The highest BCUT2D eigenvalue weighted by molar-refractivity contribution is 7.89. The van der Waals surface area contributed by atoms with Crippen LogP contribution in [0.15, 0.2) is 56.5 Å². The predicted molar refractivity (Wildman–Crippen MR) is 143 cm³/mol. The Bertz CT molecular complexity index is 1800. The average Bonchev–Trinajstić information content (AvgIpc) is 3.63. The lowest BCUT2D eigenvalue weighted by Gasteiger charge is -2.19. The van der Waals surface area contributed by atoms with E-state index in [-0.39, 0.29) is 45.3 Å². The summed E-state index contributed by atoms with van der Waals surface area (Å²) in [5.74, 6) is -0.660. The molecule has 1 saturated carbocycles. The molecule has 1 fully saturated rings. The van der Waals surface area contributed by atoms with Crippen LogP contribution in [0.25, 0.3) is 22.1 Å². The zero-order chi connectivity index (χ0) is 26.6. The van der Waals surface area contributed by atoms with E-state index in [0.29, 0.717) is 22.4 Å². The monoisotopic (exact) mass is 522 g/mol. The number of aromatic nitrogens is 1. The first kappa shape index (κ1) is 25.0. The molecule has 1 N–H and O–H groups in total. The fraction of sp³-hybridized carbons (Fsp3) is 0.286. The summed E-state index contributed by atoms with van der Waals surface area (Å²) in [6.07, 6.45) is 2.84. The van der Waals surface area contributed by atoms with E-state index in [1.165, 1.54) is 13.0 Å². The summed E-state index contributed by atoms with van der Waals surface area (Å²) in [4.78, 5) is 26.9. The van der Waals surface area contributed by atoms with Gasteiger partial charge in [-0.25, -0.2) is 17.6 Å². The minimum atomic E-state index is -3.28. The third-order valence-electron chi connectivity index (χ3n) is 6.68. The molecule has 2 aromatic heterocycles. The molecule has 2 heterocycles. The topological polar surface area (TPSA) is 98.4 Å². The third kappa shape index (κ3) is 4.71. The summed E-state index contributed by atoms with van der Waals surface area (Å²) in [5.41, 5.74) is 2.68. The molecular weight excluding hydrogens is 495 g/mol. The molecule has 0 bridgehead atoms. The van der Waals surface area contributed by atoms with Crippen LogP contribution in [0.2, 0.25) is 0 Å². The average molecular weight is 523 g/mol. The first-order chi connectivity index (χ1) is 17.4. The first-order valence-electron chi connectivity index (χ1n) is 12.0. The van der Waals surface area contributed by atoms with Gasteiger partial charge in [-0.1, -0.05) is 24.3 Å². The van der Waals surface area contributed by atoms with E-state index in [9.17, 15) is 22.4 Å². The van der Waals surface area contributed by atoms with Crippen molar-refractivity contribution in [3.63, 3.8) is 0 Å². The molecule has 1 aliphatic rings. The maximum absolute atomic E-state index is 14.8. The molecule has 2 aromatic carbocycles. The third-order valence-corrected chi connectivity index (χ3v) is 7.53. The molecule has 7 nitrogen and oxygen atoms in total. The Balaban J connectivity index is 1.84. The summed E-state index contributed by atoms with van der Waals surface area (Å²) < 4.78 is 46.1. The molecule has 0 spiro atoms. The van der Waals surface area contributed by atoms with Gasteiger partial charge < -0.3 is 14.3 Å². The fourth-order valence-corrected chi connectivity index (χ4v) is 5.59. The highest BCUT2D eigenvalue weighted by Crippen LogP contribution is 2.41. The van der Waals surface area contributed by atoms with Crippen molar-refractivity contribution in [1.29, 1.82) is 0 Å². The van der Waals surface area contributed by atoms with Crippen molar-refractivity contribution in [3.8, 4) is 11.1 Å². The van der Waals surface area contributed by atoms with Crippen LogP contribution in [0.3, 0.4) is 0 Å². The van der Waals surface area contributed by atoms with Gasteiger partial charge in [0.25, 0.3) is 5.56 Å². The van der Waals surface area contributed by atoms with Gasteiger partial charge in [-0.15, -0.1) is 0 Å². The summed E-state index contributed by atoms with van der Waals surface area (Å²) in [7, 11) is -3.28. The lowest BCUT2D eigenvalue weighted by Crippen LogP contribution is -2.25. The Hall–Kier alpha value is -3.72. The van der Waals surface area contributed by atoms with Crippen LogP contribution in [0.1, 0.15) is 41.3 Å². The van der Waals surface area contributed by atoms with Crippen molar-refractivity contribution in [2.45, 2.75) is 45.4 Å². The van der Waals surface area contributed by atoms with Gasteiger partial charge in [0.1, 0.15) is 11.2 Å². The van der Waals surface area contributed by atoms with Gasteiger partial charge in [0.15, 0.2) is 15.4 Å². The van der Waals surface area contributed by atoms with Gasteiger partial charge >= 0.3 is 5.63 Å². The van der Waals surface area contributed by atoms with Crippen molar-refractivity contribution in [1.82, 2.24) is 4.57 Å². The molecule has 9 heteroatoms. The normalized spacial score (nSPS) is 13.8. The molecular formula is C28H27FN2O5S. The number of sulfone groups is 1. The van der Waals surface area contributed by atoms with E-state index in [0.717, 1.165) is 24.7 Å². The van der Waals surface area contributed by atoms with Crippen LogP contribution in [0, 0.1) is 26.6 Å². The number of nitrogens with zero attached hydrogens (tertiary/aromatic N) is 1. The smallest absolute Gasteiger partial charge is 0.341 e. The second kappa shape index (κ2) is 8.99. The zero-order valence-corrected chi connectivity index (χ0v) is 21.8. The van der Waals surface area contributed by atoms with E-state index in [1.54, 1.807) is 54.8 Å². The van der Waals surface area contributed by atoms with E-state index in [1.807, 2.05) is 0 Å². The molecule has 0 amide bonds. The number of hydrogen-bond acceptors (Lipinski definition) is 6. The molecule has 37 heavy (non-hydrogen) atoms. The zero-order valence-electron chi connectivity index (χ0n) is 21.0. The molecule has 0 unspecified atom stereocenters. The van der Waals surface area contributed by atoms with E-state index in [2.05, 4.69) is 5.32 Å². The van der Waals surface area contributed by atoms with E-state index >= 15 is 0 Å². The number of rotatable bonds is 6. The lowest BCUT2D eigenvalue weighted by molar-refractivity contribution is 0.553. The largest absolute Gasteiger partial charge is 0.421 e. The molecule has 5 rings (SSSR count). The maximum Gasteiger partial charge on any atom is 0.341 e. The number of pyridine rings is 1. The van der Waals surface area contributed by atoms with Crippen LogP contribution in [-0.2, 0) is 15.6 Å². The van der Waals surface area contributed by atoms with Crippen molar-refractivity contribution in [2.75, 3.05) is 11.6 Å². The van der Waals surface area contributed by atoms with Crippen molar-refractivity contribution in [2.24, 2.45) is 0 Å². The summed E-state index contributed by atoms with van der Waals surface area (Å²) in [6, 6.07) is 11.7. The van der Waals surface area contributed by atoms with Crippen LogP contribution in [0.4, 0.5) is 15.8 Å². The SMILES string of the molecule is Cc1ccc(Nc2c(C)c(=O)oc3c(-c4cccc(CS(C)(=O)=O)c4)c(C)n(C4CC4)c(=O)c23)c(F)c1. The number of benzene rings is 2. The summed E-state index contributed by atoms with van der Waals surface area (Å²) in [5, 5.41) is 3.14. The number of anilines is 2. The highest BCUT2D eigenvalue weighted by atomic mass is 32.2. The molecule has 0 saturated heterocycles. The second-order valence-corrected chi connectivity index (χ2v) is 12.0. The van der Waals surface area contributed by atoms with Gasteiger partial charge in [-0.3, -0.25) is 4.79 Å². The number of nitrogens with one attached hydrogen (secondary N) is 1. The van der Waals surface area contributed by atoms with Crippen LogP contribution in [0.5, 0.6) is 0 Å². The van der Waals surface area contributed by atoms with Crippen LogP contribution >= 0.6 is 0 Å². The Labute approximate surface area is 213 Å². The highest BCUT2D eigenvalue weighted by Gasteiger charge is 2.31. The number of fused-ring (bicyclic) bond motifs is 1. The van der Waals surface area contributed by atoms with Crippen molar-refractivity contribution >= 4 is 32.2 Å². The van der Waals surface area contributed by atoms with Gasteiger partial charge in [0.05, 0.1) is 22.7 Å². The Kier molecular flexibility index (Phi) is 6.06. The molecule has 4 aromatic rings. The second-order valence-electron chi connectivity index (χ2n) is 9.84. The molecule has 0 atom stereocenters. The number of halogens is 1. The van der Waals surface area contributed by atoms with Gasteiger partial charge in [-0.05, 0) is 68.5 Å². The van der Waals surface area contributed by atoms with Crippen molar-refractivity contribution in [3.05, 3.63) is 91.4 Å². The minimum absolute atomic E-state index is 0.00560. The van der Waals surface area contributed by atoms with Crippen molar-refractivity contribution < 1.29 is 17.2 Å². The summed E-state index contributed by atoms with van der Waals surface area (Å²) >= 11 is 0. The van der Waals surface area contributed by atoms with E-state index < -0.39 is 21.3 Å². The quantitative estimate of drug-likeness (QED) is 0.369. The predicted octanol–water partition coefficient (Wildman–Crippen LogP) is 5.31. The Morgan fingerprint density at radius 2 is 1.81 bits per heavy atom. The van der Waals surface area contributed by atoms with Gasteiger partial charge in [0.2, 0.25) is 0 Å². The standard InChI is InChI=1S/C28H27FN2O5S/c1-15-8-11-22(21(29)12-15)30-25-16(2)28(33)36-26-23(17(3)31(20-9-10-20)27(32)24(25)26)19-7-5-6-18(13-19)14-37(4,34)35/h5-8,11-13,20,30H,9-10,14H2,1-4H3. The summed E-state index contributed by atoms with van der Waals surface area (Å²) in [6.45, 7) is 5.10. The van der Waals surface area contributed by atoms with Gasteiger partial charge in [0, 0.05) is 23.6 Å². The molecule has 192 valence electrons. The van der Waals surface area contributed by atoms with Crippen LogP contribution < -0.4 is 16.5 Å². The minimum Gasteiger partial charge on any atom is -0.421 e. The molecule has 0 radical (unpaired) electrons.